The first kappa shape index (κ1) is 14.9. The Bertz CT molecular complexity index is 694. The Labute approximate surface area is 116 Å². The Morgan fingerprint density at radius 2 is 1.24 bits per heavy atom. The van der Waals surface area contributed by atoms with Crippen LogP contribution < -0.4 is 0 Å². The molecule has 6 heteroatoms. The molecule has 0 bridgehead atoms. The minimum absolute atomic E-state index is 0.220. The quantitative estimate of drug-likeness (QED) is 0.272. The highest BCUT2D eigenvalue weighted by molar-refractivity contribution is 6.06. The van der Waals surface area contributed by atoms with Gasteiger partial charge in [-0.25, -0.2) is 22.0 Å². The van der Waals surface area contributed by atoms with Crippen molar-refractivity contribution in [1.82, 2.24) is 0 Å². The van der Waals surface area contributed by atoms with Crippen LogP contribution in [0.25, 0.3) is 6.08 Å². The van der Waals surface area contributed by atoms with E-state index in [2.05, 4.69) is 0 Å². The van der Waals surface area contributed by atoms with E-state index in [0.717, 1.165) is 6.08 Å². The Morgan fingerprint density at radius 3 is 1.76 bits per heavy atom. The SMILES string of the molecule is O=C(/C=C/c1c(F)c(F)c(F)c(F)c1F)c1ccccc1. The number of carbonyl (C=O) groups excluding carboxylic acids is 1. The Hall–Kier alpha value is -2.50. The lowest BCUT2D eigenvalue weighted by Crippen LogP contribution is -2.04. The molecule has 21 heavy (non-hydrogen) atoms. The fourth-order valence-corrected chi connectivity index (χ4v) is 1.63. The van der Waals surface area contributed by atoms with Crippen LogP contribution >= 0.6 is 0 Å². The van der Waals surface area contributed by atoms with E-state index in [9.17, 15) is 26.7 Å². The van der Waals surface area contributed by atoms with Crippen molar-refractivity contribution in [3.8, 4) is 0 Å². The van der Waals surface area contributed by atoms with E-state index < -0.39 is 40.4 Å². The molecular formula is C15H7F5O. The highest BCUT2D eigenvalue weighted by Crippen LogP contribution is 2.24. The summed E-state index contributed by atoms with van der Waals surface area (Å²) in [4.78, 5) is 11.7. The summed E-state index contributed by atoms with van der Waals surface area (Å²) in [5, 5.41) is 0. The van der Waals surface area contributed by atoms with Crippen molar-refractivity contribution < 1.29 is 26.7 Å². The predicted octanol–water partition coefficient (Wildman–Crippen LogP) is 4.28. The molecule has 0 aliphatic carbocycles. The average molecular weight is 298 g/mol. The summed E-state index contributed by atoms with van der Waals surface area (Å²) in [6.07, 6.45) is 1.30. The molecule has 0 amide bonds. The van der Waals surface area contributed by atoms with Crippen molar-refractivity contribution in [2.75, 3.05) is 0 Å². The number of halogens is 5. The first-order valence-electron chi connectivity index (χ1n) is 5.72. The number of carbonyl (C=O) groups is 1. The Balaban J connectivity index is 2.41. The molecule has 1 nitrogen and oxygen atoms in total. The number of rotatable bonds is 3. The maximum atomic E-state index is 13.4. The van der Waals surface area contributed by atoms with E-state index >= 15 is 0 Å². The maximum Gasteiger partial charge on any atom is 0.200 e. The number of hydrogen-bond acceptors (Lipinski definition) is 1. The topological polar surface area (TPSA) is 17.1 Å². The van der Waals surface area contributed by atoms with Gasteiger partial charge in [-0.05, 0) is 12.2 Å². The normalized spacial score (nSPS) is 11.1. The monoisotopic (exact) mass is 298 g/mol. The molecular weight excluding hydrogens is 291 g/mol. The Morgan fingerprint density at radius 1 is 0.762 bits per heavy atom. The summed E-state index contributed by atoms with van der Waals surface area (Å²) in [5.74, 6) is -10.9. The van der Waals surface area contributed by atoms with Gasteiger partial charge < -0.3 is 0 Å². The van der Waals surface area contributed by atoms with E-state index in [0.29, 0.717) is 6.08 Å². The van der Waals surface area contributed by atoms with Gasteiger partial charge in [0.05, 0.1) is 5.56 Å². The average Bonchev–Trinajstić information content (AvgIpc) is 2.51. The third kappa shape index (κ3) is 2.84. The standard InChI is InChI=1S/C15H7F5O/c16-11-9(12(17)14(19)15(20)13(11)18)6-7-10(21)8-4-2-1-3-5-8/h1-7H/b7-6+. The number of hydrogen-bond donors (Lipinski definition) is 0. The molecule has 0 aromatic heterocycles. The van der Waals surface area contributed by atoms with Crippen molar-refractivity contribution in [2.24, 2.45) is 0 Å². The summed E-state index contributed by atoms with van der Waals surface area (Å²) in [7, 11) is 0. The second-order valence-electron chi connectivity index (χ2n) is 4.05. The molecule has 0 aliphatic heterocycles. The third-order valence-corrected chi connectivity index (χ3v) is 2.70. The van der Waals surface area contributed by atoms with E-state index in [1.807, 2.05) is 0 Å². The summed E-state index contributed by atoms with van der Waals surface area (Å²) in [5.41, 5.74) is -0.937. The lowest BCUT2D eigenvalue weighted by molar-refractivity contribution is 0.104. The van der Waals surface area contributed by atoms with Crippen molar-refractivity contribution in [3.05, 3.63) is 76.6 Å². The second kappa shape index (κ2) is 5.87. The maximum absolute atomic E-state index is 13.4. The molecule has 0 heterocycles. The molecule has 0 N–H and O–H groups in total. The molecule has 0 unspecified atom stereocenters. The molecule has 2 rings (SSSR count). The van der Waals surface area contributed by atoms with Crippen LogP contribution in [0.2, 0.25) is 0 Å². The molecule has 0 fully saturated rings. The number of benzene rings is 2. The van der Waals surface area contributed by atoms with Crippen LogP contribution in [0.15, 0.2) is 36.4 Å². The molecule has 0 spiro atoms. The fourth-order valence-electron chi connectivity index (χ4n) is 1.63. The van der Waals surface area contributed by atoms with Gasteiger partial charge in [-0.15, -0.1) is 0 Å². The zero-order valence-electron chi connectivity index (χ0n) is 10.3. The van der Waals surface area contributed by atoms with Crippen molar-refractivity contribution in [2.45, 2.75) is 0 Å². The van der Waals surface area contributed by atoms with Gasteiger partial charge in [0, 0.05) is 5.56 Å². The molecule has 0 saturated carbocycles. The Kier molecular flexibility index (Phi) is 4.16. The summed E-state index contributed by atoms with van der Waals surface area (Å²) < 4.78 is 65.5. The van der Waals surface area contributed by atoms with Crippen LogP contribution in [0.1, 0.15) is 15.9 Å². The second-order valence-corrected chi connectivity index (χ2v) is 4.05. The molecule has 2 aromatic carbocycles. The van der Waals surface area contributed by atoms with Gasteiger partial charge >= 0.3 is 0 Å². The van der Waals surface area contributed by atoms with Gasteiger partial charge in [-0.1, -0.05) is 30.3 Å². The zero-order valence-corrected chi connectivity index (χ0v) is 10.3. The summed E-state index contributed by atoms with van der Waals surface area (Å²) >= 11 is 0. The number of allylic oxidation sites excluding steroid dienone is 1. The van der Waals surface area contributed by atoms with Gasteiger partial charge in [0.25, 0.3) is 0 Å². The number of ketones is 1. The minimum atomic E-state index is -2.24. The van der Waals surface area contributed by atoms with Gasteiger partial charge in [0.2, 0.25) is 5.82 Å². The van der Waals surface area contributed by atoms with Gasteiger partial charge in [-0.2, -0.15) is 0 Å². The van der Waals surface area contributed by atoms with Crippen LogP contribution in [0.3, 0.4) is 0 Å². The summed E-state index contributed by atoms with van der Waals surface area (Å²) in [6.45, 7) is 0. The first-order chi connectivity index (χ1) is 9.93. The van der Waals surface area contributed by atoms with Gasteiger partial charge in [0.1, 0.15) is 0 Å². The van der Waals surface area contributed by atoms with E-state index in [1.54, 1.807) is 18.2 Å². The predicted molar refractivity (Wildman–Crippen MR) is 66.0 cm³/mol. The highest BCUT2D eigenvalue weighted by Gasteiger charge is 2.24. The molecule has 108 valence electrons. The van der Waals surface area contributed by atoms with Crippen LogP contribution in [-0.4, -0.2) is 5.78 Å². The largest absolute Gasteiger partial charge is 0.289 e. The lowest BCUT2D eigenvalue weighted by Gasteiger charge is -2.04. The molecule has 2 aromatic rings. The summed E-state index contributed by atoms with van der Waals surface area (Å²) in [6, 6.07) is 7.69. The van der Waals surface area contributed by atoms with E-state index in [-0.39, 0.29) is 5.56 Å². The van der Waals surface area contributed by atoms with Crippen molar-refractivity contribution >= 4 is 11.9 Å². The van der Waals surface area contributed by atoms with Crippen molar-refractivity contribution in [3.63, 3.8) is 0 Å². The van der Waals surface area contributed by atoms with Crippen LogP contribution in [0.4, 0.5) is 22.0 Å². The van der Waals surface area contributed by atoms with Gasteiger partial charge in [-0.3, -0.25) is 4.79 Å². The molecule has 0 radical (unpaired) electrons. The third-order valence-electron chi connectivity index (χ3n) is 2.70. The molecule has 0 saturated heterocycles. The van der Waals surface area contributed by atoms with Gasteiger partial charge in [0.15, 0.2) is 29.1 Å². The van der Waals surface area contributed by atoms with Crippen LogP contribution in [0.5, 0.6) is 0 Å². The van der Waals surface area contributed by atoms with Crippen LogP contribution in [-0.2, 0) is 0 Å². The molecule has 0 aliphatic rings. The minimum Gasteiger partial charge on any atom is -0.289 e. The molecule has 0 atom stereocenters. The highest BCUT2D eigenvalue weighted by atomic mass is 19.2. The van der Waals surface area contributed by atoms with E-state index in [1.165, 1.54) is 12.1 Å². The van der Waals surface area contributed by atoms with Crippen LogP contribution in [0, 0.1) is 29.1 Å². The lowest BCUT2D eigenvalue weighted by atomic mass is 10.1. The fraction of sp³-hybridized carbons (Fsp3) is 0. The first-order valence-corrected chi connectivity index (χ1v) is 5.72. The van der Waals surface area contributed by atoms with Crippen molar-refractivity contribution in [1.29, 1.82) is 0 Å². The smallest absolute Gasteiger partial charge is 0.200 e. The zero-order chi connectivity index (χ0) is 15.6. The van der Waals surface area contributed by atoms with E-state index in [4.69, 9.17) is 0 Å².